The summed E-state index contributed by atoms with van der Waals surface area (Å²) in [5.41, 5.74) is -1.15. The van der Waals surface area contributed by atoms with E-state index >= 15 is 0 Å². The molecule has 1 aromatic carbocycles. The monoisotopic (exact) mass is 346 g/mol. The predicted molar refractivity (Wildman–Crippen MR) is 83.6 cm³/mol. The number of alkyl halides is 3. The summed E-state index contributed by atoms with van der Waals surface area (Å²) in [4.78, 5) is 24.4. The van der Waals surface area contributed by atoms with E-state index < -0.39 is 17.6 Å². The van der Waals surface area contributed by atoms with Crippen molar-refractivity contribution >= 4 is 17.5 Å². The van der Waals surface area contributed by atoms with Gasteiger partial charge in [0.15, 0.2) is 0 Å². The normalized spacial score (nSPS) is 11.2. The van der Waals surface area contributed by atoms with Gasteiger partial charge in [-0.15, -0.1) is 0 Å². The van der Waals surface area contributed by atoms with E-state index in [-0.39, 0.29) is 24.6 Å². The minimum Gasteiger partial charge on any atom is -0.385 e. The Morgan fingerprint density at radius 3 is 2.50 bits per heavy atom. The van der Waals surface area contributed by atoms with E-state index in [0.717, 1.165) is 11.0 Å². The molecule has 1 N–H and O–H groups in total. The number of rotatable bonds is 8. The summed E-state index contributed by atoms with van der Waals surface area (Å²) in [6.45, 7) is 1.95. The first kappa shape index (κ1) is 20.0. The van der Waals surface area contributed by atoms with E-state index in [1.54, 1.807) is 7.11 Å². The zero-order valence-electron chi connectivity index (χ0n) is 13.7. The van der Waals surface area contributed by atoms with Gasteiger partial charge in [-0.2, -0.15) is 13.2 Å². The van der Waals surface area contributed by atoms with Crippen molar-refractivity contribution in [3.05, 3.63) is 29.8 Å². The van der Waals surface area contributed by atoms with Gasteiger partial charge in [-0.3, -0.25) is 9.59 Å². The average molecular weight is 346 g/mol. The van der Waals surface area contributed by atoms with Gasteiger partial charge >= 0.3 is 6.18 Å². The number of amides is 2. The van der Waals surface area contributed by atoms with E-state index in [0.29, 0.717) is 19.6 Å². The summed E-state index contributed by atoms with van der Waals surface area (Å²) < 4.78 is 44.1. The van der Waals surface area contributed by atoms with Gasteiger partial charge in [0, 0.05) is 40.2 Å². The van der Waals surface area contributed by atoms with Crippen LogP contribution in [0.3, 0.4) is 0 Å². The standard InChI is InChI=1S/C16H21F3N2O3/c1-12(22)21(10-8-15(23)20-9-5-11-24-2)14-7-4-3-6-13(14)16(17,18)19/h3-4,6-7H,5,8-11H2,1-2H3,(H,20,23). The van der Waals surface area contributed by atoms with Gasteiger partial charge in [-0.25, -0.2) is 0 Å². The first-order chi connectivity index (χ1) is 11.3. The minimum atomic E-state index is -4.58. The summed E-state index contributed by atoms with van der Waals surface area (Å²) in [6.07, 6.45) is -4.03. The first-order valence-electron chi connectivity index (χ1n) is 7.47. The maximum atomic E-state index is 13.1. The Labute approximate surface area is 138 Å². The number of nitrogens with zero attached hydrogens (tertiary/aromatic N) is 1. The molecular formula is C16H21F3N2O3. The lowest BCUT2D eigenvalue weighted by Crippen LogP contribution is -2.35. The largest absolute Gasteiger partial charge is 0.418 e. The molecule has 134 valence electrons. The topological polar surface area (TPSA) is 58.6 Å². The molecule has 24 heavy (non-hydrogen) atoms. The molecule has 1 rings (SSSR count). The number of anilines is 1. The van der Waals surface area contributed by atoms with Gasteiger partial charge in [-0.1, -0.05) is 12.1 Å². The van der Waals surface area contributed by atoms with Crippen molar-refractivity contribution in [3.63, 3.8) is 0 Å². The van der Waals surface area contributed by atoms with Crippen molar-refractivity contribution < 1.29 is 27.5 Å². The molecular weight excluding hydrogens is 325 g/mol. The van der Waals surface area contributed by atoms with Crippen LogP contribution in [-0.2, 0) is 20.5 Å². The second kappa shape index (κ2) is 9.27. The smallest absolute Gasteiger partial charge is 0.385 e. The first-order valence-corrected chi connectivity index (χ1v) is 7.47. The number of carbonyl (C=O) groups is 2. The maximum absolute atomic E-state index is 13.1. The highest BCUT2D eigenvalue weighted by atomic mass is 19.4. The molecule has 8 heteroatoms. The van der Waals surface area contributed by atoms with Crippen LogP contribution >= 0.6 is 0 Å². The van der Waals surface area contributed by atoms with Crippen LogP contribution in [0.1, 0.15) is 25.3 Å². The SMILES string of the molecule is COCCCNC(=O)CCN(C(C)=O)c1ccccc1C(F)(F)F. The third-order valence-corrected chi connectivity index (χ3v) is 3.29. The molecule has 0 aliphatic heterocycles. The molecule has 0 heterocycles. The molecule has 0 aliphatic carbocycles. The predicted octanol–water partition coefficient (Wildman–Crippen LogP) is 2.60. The Hall–Kier alpha value is -2.09. The Morgan fingerprint density at radius 2 is 1.92 bits per heavy atom. The maximum Gasteiger partial charge on any atom is 0.418 e. The second-order valence-electron chi connectivity index (χ2n) is 5.13. The van der Waals surface area contributed by atoms with Crippen molar-refractivity contribution in [1.29, 1.82) is 0 Å². The Bertz CT molecular complexity index is 562. The number of methoxy groups -OCH3 is 1. The highest BCUT2D eigenvalue weighted by Gasteiger charge is 2.35. The number of para-hydroxylation sites is 1. The second-order valence-corrected chi connectivity index (χ2v) is 5.13. The lowest BCUT2D eigenvalue weighted by molar-refractivity contribution is -0.137. The highest BCUT2D eigenvalue weighted by molar-refractivity contribution is 5.93. The molecule has 2 amide bonds. The summed E-state index contributed by atoms with van der Waals surface area (Å²) in [6, 6.07) is 4.81. The van der Waals surface area contributed by atoms with E-state index in [1.807, 2.05) is 0 Å². The fourth-order valence-electron chi connectivity index (χ4n) is 2.14. The number of benzene rings is 1. The van der Waals surface area contributed by atoms with E-state index in [9.17, 15) is 22.8 Å². The molecule has 0 radical (unpaired) electrons. The van der Waals surface area contributed by atoms with Crippen molar-refractivity contribution in [3.8, 4) is 0 Å². The van der Waals surface area contributed by atoms with E-state index in [1.165, 1.54) is 25.1 Å². The fourth-order valence-corrected chi connectivity index (χ4v) is 2.14. The van der Waals surface area contributed by atoms with Crippen LogP contribution in [0.5, 0.6) is 0 Å². The number of hydrogen-bond donors (Lipinski definition) is 1. The van der Waals surface area contributed by atoms with Crippen LogP contribution in [0.15, 0.2) is 24.3 Å². The van der Waals surface area contributed by atoms with Crippen LogP contribution in [-0.4, -0.2) is 38.6 Å². The third-order valence-electron chi connectivity index (χ3n) is 3.29. The number of halogens is 3. The zero-order valence-corrected chi connectivity index (χ0v) is 13.7. The molecule has 0 spiro atoms. The summed E-state index contributed by atoms with van der Waals surface area (Å²) >= 11 is 0. The molecule has 0 atom stereocenters. The lowest BCUT2D eigenvalue weighted by atomic mass is 10.1. The minimum absolute atomic E-state index is 0.0846. The molecule has 0 aliphatic rings. The molecule has 1 aromatic rings. The van der Waals surface area contributed by atoms with Gasteiger partial charge < -0.3 is 15.0 Å². The zero-order chi connectivity index (χ0) is 18.2. The van der Waals surface area contributed by atoms with Gasteiger partial charge in [0.1, 0.15) is 0 Å². The number of carbonyl (C=O) groups excluding carboxylic acids is 2. The van der Waals surface area contributed by atoms with Crippen molar-refractivity contribution in [2.45, 2.75) is 25.9 Å². The molecule has 0 saturated heterocycles. The highest BCUT2D eigenvalue weighted by Crippen LogP contribution is 2.36. The van der Waals surface area contributed by atoms with Gasteiger partial charge in [0.2, 0.25) is 11.8 Å². The van der Waals surface area contributed by atoms with Crippen molar-refractivity contribution in [1.82, 2.24) is 5.32 Å². The Kier molecular flexibility index (Phi) is 7.70. The Balaban J connectivity index is 2.76. The van der Waals surface area contributed by atoms with Crippen molar-refractivity contribution in [2.75, 3.05) is 31.7 Å². The Morgan fingerprint density at radius 1 is 1.25 bits per heavy atom. The van der Waals surface area contributed by atoms with Crippen LogP contribution in [0.2, 0.25) is 0 Å². The van der Waals surface area contributed by atoms with Gasteiger partial charge in [-0.05, 0) is 18.6 Å². The summed E-state index contributed by atoms with van der Waals surface area (Å²) in [7, 11) is 1.55. The summed E-state index contributed by atoms with van der Waals surface area (Å²) in [5.74, 6) is -0.888. The quantitative estimate of drug-likeness (QED) is 0.736. The van der Waals surface area contributed by atoms with Gasteiger partial charge in [0.25, 0.3) is 0 Å². The molecule has 0 bridgehead atoms. The van der Waals surface area contributed by atoms with Crippen LogP contribution < -0.4 is 10.2 Å². The molecule has 0 saturated carbocycles. The van der Waals surface area contributed by atoms with Crippen LogP contribution in [0.25, 0.3) is 0 Å². The lowest BCUT2D eigenvalue weighted by Gasteiger charge is -2.24. The number of ether oxygens (including phenoxy) is 1. The van der Waals surface area contributed by atoms with Crippen molar-refractivity contribution in [2.24, 2.45) is 0 Å². The van der Waals surface area contributed by atoms with Crippen LogP contribution in [0, 0.1) is 0 Å². The fraction of sp³-hybridized carbons (Fsp3) is 0.500. The number of nitrogens with one attached hydrogen (secondary N) is 1. The molecule has 5 nitrogen and oxygen atoms in total. The van der Waals surface area contributed by atoms with Gasteiger partial charge in [0.05, 0.1) is 11.3 Å². The summed E-state index contributed by atoms with van der Waals surface area (Å²) in [5, 5.41) is 2.63. The molecule has 0 fully saturated rings. The average Bonchev–Trinajstić information content (AvgIpc) is 2.51. The van der Waals surface area contributed by atoms with E-state index in [4.69, 9.17) is 4.74 Å². The van der Waals surface area contributed by atoms with E-state index in [2.05, 4.69) is 5.32 Å². The molecule has 0 unspecified atom stereocenters. The third kappa shape index (κ3) is 6.19. The number of hydrogen-bond acceptors (Lipinski definition) is 3. The molecule has 0 aromatic heterocycles. The van der Waals surface area contributed by atoms with Crippen LogP contribution in [0.4, 0.5) is 18.9 Å².